The van der Waals surface area contributed by atoms with Gasteiger partial charge in [-0.25, -0.2) is 14.7 Å². The number of ether oxygens (including phenoxy) is 2. The van der Waals surface area contributed by atoms with Crippen molar-refractivity contribution < 1.29 is 41.0 Å². The number of nitrogens with two attached hydrogens (primary N) is 1. The Bertz CT molecular complexity index is 1290. The molecule has 182 valence electrons. The van der Waals surface area contributed by atoms with Gasteiger partial charge in [-0.2, -0.15) is 26.9 Å². The number of carbonyl (C=O) groups is 2. The molecule has 15 heteroatoms. The zero-order valence-corrected chi connectivity index (χ0v) is 17.2. The fraction of sp³-hybridized carbons (Fsp3) is 0.150. The molecule has 1 aliphatic heterocycles. The van der Waals surface area contributed by atoms with E-state index in [0.717, 1.165) is 23.2 Å². The second kappa shape index (κ2) is 9.00. The minimum absolute atomic E-state index is 0.0964. The highest BCUT2D eigenvalue weighted by Gasteiger charge is 2.40. The third kappa shape index (κ3) is 5.02. The van der Waals surface area contributed by atoms with E-state index >= 15 is 0 Å². The number of alkyl halides is 5. The molecule has 2 aromatic heterocycles. The van der Waals surface area contributed by atoms with Crippen molar-refractivity contribution in [1.29, 1.82) is 0 Å². The summed E-state index contributed by atoms with van der Waals surface area (Å²) in [5.41, 5.74) is 3.88. The molecule has 3 aromatic rings. The third-order valence-electron chi connectivity index (χ3n) is 4.59. The van der Waals surface area contributed by atoms with Gasteiger partial charge in [-0.05, 0) is 18.2 Å². The Morgan fingerprint density at radius 2 is 1.80 bits per heavy atom. The normalized spacial score (nSPS) is 14.1. The first-order chi connectivity index (χ1) is 16.5. The maximum absolute atomic E-state index is 13.0. The lowest BCUT2D eigenvalue weighted by atomic mass is 10.2. The molecule has 0 aliphatic carbocycles. The van der Waals surface area contributed by atoms with Gasteiger partial charge in [0.2, 0.25) is 11.8 Å². The molecule has 1 aromatic carbocycles. The summed E-state index contributed by atoms with van der Waals surface area (Å²) < 4.78 is 74.9. The summed E-state index contributed by atoms with van der Waals surface area (Å²) in [5.74, 6) is -1.86. The lowest BCUT2D eigenvalue weighted by Crippen LogP contribution is -2.33. The van der Waals surface area contributed by atoms with Gasteiger partial charge >= 0.3 is 18.8 Å². The first-order valence-electron chi connectivity index (χ1n) is 9.55. The number of imide groups is 1. The molecular formula is C20H13F5N6O4. The fourth-order valence-corrected chi connectivity index (χ4v) is 3.12. The minimum atomic E-state index is -4.72. The van der Waals surface area contributed by atoms with Gasteiger partial charge in [0.15, 0.2) is 11.5 Å². The Balaban J connectivity index is 1.65. The lowest BCUT2D eigenvalue weighted by molar-refractivity contribution is -0.137. The summed E-state index contributed by atoms with van der Waals surface area (Å²) in [6.45, 7) is -3.90. The Hall–Kier alpha value is -4.56. The lowest BCUT2D eigenvalue weighted by Gasteiger charge is -2.19. The van der Waals surface area contributed by atoms with E-state index in [9.17, 15) is 31.5 Å². The van der Waals surface area contributed by atoms with Gasteiger partial charge in [-0.15, -0.1) is 0 Å². The molecular weight excluding hydrogens is 483 g/mol. The summed E-state index contributed by atoms with van der Waals surface area (Å²) in [5, 5.41) is 0. The van der Waals surface area contributed by atoms with Crippen LogP contribution in [-0.4, -0.2) is 40.0 Å². The van der Waals surface area contributed by atoms with Crippen LogP contribution in [0.4, 0.5) is 44.1 Å². The maximum Gasteiger partial charge on any atom is 0.417 e. The number of aromatic nitrogens is 3. The van der Waals surface area contributed by atoms with E-state index in [-0.39, 0.29) is 29.0 Å². The van der Waals surface area contributed by atoms with Crippen LogP contribution < -0.4 is 25.0 Å². The van der Waals surface area contributed by atoms with Crippen LogP contribution in [0.1, 0.15) is 5.56 Å². The molecule has 2 N–H and O–H groups in total. The van der Waals surface area contributed by atoms with Crippen LogP contribution in [0.2, 0.25) is 0 Å². The van der Waals surface area contributed by atoms with Gasteiger partial charge in [0, 0.05) is 24.5 Å². The van der Waals surface area contributed by atoms with Crippen molar-refractivity contribution in [2.24, 2.45) is 0 Å². The summed E-state index contributed by atoms with van der Waals surface area (Å²) in [6, 6.07) is 4.22. The molecule has 1 fully saturated rings. The molecule has 3 heterocycles. The SMILES string of the molecule is Nc1nccc(Oc2ccc(N3C(=O)CN(c4cncc(C(F)(F)F)c4)C3=O)cc2OC(F)F)n1. The van der Waals surface area contributed by atoms with E-state index in [1.165, 1.54) is 18.3 Å². The van der Waals surface area contributed by atoms with Crippen molar-refractivity contribution in [3.05, 3.63) is 54.5 Å². The minimum Gasteiger partial charge on any atom is -0.435 e. The van der Waals surface area contributed by atoms with Crippen molar-refractivity contribution >= 4 is 29.3 Å². The van der Waals surface area contributed by atoms with Crippen LogP contribution in [0.25, 0.3) is 0 Å². The second-order valence-corrected chi connectivity index (χ2v) is 6.89. The van der Waals surface area contributed by atoms with Gasteiger partial charge < -0.3 is 15.2 Å². The summed E-state index contributed by atoms with van der Waals surface area (Å²) >= 11 is 0. The number of anilines is 3. The molecule has 0 atom stereocenters. The molecule has 0 radical (unpaired) electrons. The number of halogens is 5. The van der Waals surface area contributed by atoms with E-state index in [1.54, 1.807) is 0 Å². The Morgan fingerprint density at radius 3 is 2.49 bits per heavy atom. The first kappa shape index (κ1) is 23.6. The number of rotatable bonds is 6. The molecule has 1 saturated heterocycles. The van der Waals surface area contributed by atoms with Crippen molar-refractivity contribution in [3.63, 3.8) is 0 Å². The quantitative estimate of drug-likeness (QED) is 0.403. The maximum atomic E-state index is 13.0. The van der Waals surface area contributed by atoms with E-state index in [0.29, 0.717) is 17.2 Å². The number of hydrogen-bond donors (Lipinski definition) is 1. The Kier molecular flexibility index (Phi) is 6.07. The van der Waals surface area contributed by atoms with E-state index < -0.39 is 42.6 Å². The summed E-state index contributed by atoms with van der Waals surface area (Å²) in [6.07, 6.45) is -1.90. The zero-order valence-electron chi connectivity index (χ0n) is 17.2. The van der Waals surface area contributed by atoms with Crippen LogP contribution in [0.5, 0.6) is 17.4 Å². The molecule has 35 heavy (non-hydrogen) atoms. The fourth-order valence-electron chi connectivity index (χ4n) is 3.12. The topological polar surface area (TPSA) is 124 Å². The number of nitrogens with zero attached hydrogens (tertiary/aromatic N) is 5. The largest absolute Gasteiger partial charge is 0.435 e. The molecule has 1 aliphatic rings. The van der Waals surface area contributed by atoms with Crippen LogP contribution in [0.15, 0.2) is 48.9 Å². The predicted octanol–water partition coefficient (Wildman–Crippen LogP) is 3.84. The molecule has 0 bridgehead atoms. The first-order valence-corrected chi connectivity index (χ1v) is 9.55. The van der Waals surface area contributed by atoms with Crippen molar-refractivity contribution in [2.45, 2.75) is 12.8 Å². The Morgan fingerprint density at radius 1 is 1.03 bits per heavy atom. The standard InChI is InChI=1S/C20H13F5N6O4/c21-17(22)35-14-6-11(1-2-13(14)34-15-3-4-28-18(26)29-15)31-16(32)9-30(19(31)33)12-5-10(7-27-8-12)20(23,24)25/h1-8,17H,9H2,(H2,26,28,29). The highest BCUT2D eigenvalue weighted by atomic mass is 19.4. The van der Waals surface area contributed by atoms with Gasteiger partial charge in [0.1, 0.15) is 6.54 Å². The number of benzene rings is 1. The number of nitrogen functional groups attached to an aromatic ring is 1. The van der Waals surface area contributed by atoms with E-state index in [2.05, 4.69) is 19.7 Å². The highest BCUT2D eigenvalue weighted by Crippen LogP contribution is 2.38. The van der Waals surface area contributed by atoms with Crippen molar-refractivity contribution in [1.82, 2.24) is 15.0 Å². The zero-order chi connectivity index (χ0) is 25.3. The summed E-state index contributed by atoms with van der Waals surface area (Å²) in [4.78, 5) is 37.7. The molecule has 10 nitrogen and oxygen atoms in total. The number of hydrogen-bond acceptors (Lipinski definition) is 8. The number of amides is 3. The Labute approximate surface area is 192 Å². The van der Waals surface area contributed by atoms with Gasteiger partial charge in [-0.3, -0.25) is 14.7 Å². The molecule has 0 saturated carbocycles. The number of carbonyl (C=O) groups excluding carboxylic acids is 2. The van der Waals surface area contributed by atoms with Crippen LogP contribution in [0.3, 0.4) is 0 Å². The predicted molar refractivity (Wildman–Crippen MR) is 109 cm³/mol. The van der Waals surface area contributed by atoms with Gasteiger partial charge in [0.05, 0.1) is 23.1 Å². The van der Waals surface area contributed by atoms with Crippen LogP contribution in [0, 0.1) is 0 Å². The van der Waals surface area contributed by atoms with Crippen molar-refractivity contribution in [3.8, 4) is 17.4 Å². The average Bonchev–Trinajstić information content (AvgIpc) is 3.08. The van der Waals surface area contributed by atoms with Crippen molar-refractivity contribution in [2.75, 3.05) is 22.1 Å². The van der Waals surface area contributed by atoms with E-state index in [1.807, 2.05) is 0 Å². The number of urea groups is 1. The molecule has 4 rings (SSSR count). The smallest absolute Gasteiger partial charge is 0.417 e. The van der Waals surface area contributed by atoms with Gasteiger partial charge in [0.25, 0.3) is 5.91 Å². The highest BCUT2D eigenvalue weighted by molar-refractivity contribution is 6.27. The van der Waals surface area contributed by atoms with Crippen LogP contribution >= 0.6 is 0 Å². The molecule has 3 amide bonds. The van der Waals surface area contributed by atoms with E-state index in [4.69, 9.17) is 10.5 Å². The molecule has 0 spiro atoms. The average molecular weight is 496 g/mol. The van der Waals surface area contributed by atoms with Crippen LogP contribution in [-0.2, 0) is 11.0 Å². The summed E-state index contributed by atoms with van der Waals surface area (Å²) in [7, 11) is 0. The third-order valence-corrected chi connectivity index (χ3v) is 4.59. The van der Waals surface area contributed by atoms with Gasteiger partial charge in [-0.1, -0.05) is 0 Å². The number of pyridine rings is 1. The second-order valence-electron chi connectivity index (χ2n) is 6.89. The monoisotopic (exact) mass is 496 g/mol. The molecule has 0 unspecified atom stereocenters.